The Morgan fingerprint density at radius 2 is 2.24 bits per heavy atom. The Balaban J connectivity index is 1.55. The molecule has 1 aromatic carbocycles. The predicted octanol–water partition coefficient (Wildman–Crippen LogP) is 2.66. The van der Waals surface area contributed by atoms with E-state index in [4.69, 9.17) is 0 Å². The van der Waals surface area contributed by atoms with Crippen molar-refractivity contribution < 1.29 is 9.90 Å². The van der Waals surface area contributed by atoms with Gasteiger partial charge in [0, 0.05) is 68.3 Å². The molecule has 1 fully saturated rings. The molecule has 0 saturated carbocycles. The van der Waals surface area contributed by atoms with E-state index in [-0.39, 0.29) is 0 Å². The fraction of sp³-hybridized carbons (Fsp3) is 0.455. The highest BCUT2D eigenvalue weighted by Gasteiger charge is 2.20. The van der Waals surface area contributed by atoms with Gasteiger partial charge < -0.3 is 19.6 Å². The first-order valence-corrected chi connectivity index (χ1v) is 10.4. The Bertz CT molecular complexity index is 963. The Morgan fingerprint density at radius 3 is 3.00 bits per heavy atom. The van der Waals surface area contributed by atoms with Crippen LogP contribution in [0.15, 0.2) is 43.1 Å². The molecule has 2 aromatic heterocycles. The SMILES string of the molecule is CCC1CNCCN1CCCn1cc(Cn2ccnc2)c2ccc(C(=O)O)cc21. The minimum Gasteiger partial charge on any atom is -0.478 e. The number of aromatic carboxylic acids is 1. The largest absolute Gasteiger partial charge is 0.478 e. The zero-order chi connectivity index (χ0) is 20.2. The topological polar surface area (TPSA) is 75.3 Å². The molecule has 2 N–H and O–H groups in total. The molecule has 1 aliphatic heterocycles. The van der Waals surface area contributed by atoms with E-state index < -0.39 is 5.97 Å². The van der Waals surface area contributed by atoms with Gasteiger partial charge in [-0.25, -0.2) is 9.78 Å². The standard InChI is InChI=1S/C22H29N5O2/c1-2-19-13-23-7-11-26(19)8-3-9-27-15-18(14-25-10-6-24-16-25)20-5-4-17(22(28)29)12-21(20)27/h4-6,10,12,15-16,19,23H,2-3,7-9,11,13-14H2,1H3,(H,28,29). The van der Waals surface area contributed by atoms with Crippen molar-refractivity contribution >= 4 is 16.9 Å². The number of aromatic nitrogens is 3. The number of piperazine rings is 1. The number of rotatable bonds is 8. The number of benzene rings is 1. The minimum atomic E-state index is -0.887. The monoisotopic (exact) mass is 395 g/mol. The Morgan fingerprint density at radius 1 is 1.34 bits per heavy atom. The third kappa shape index (κ3) is 4.36. The molecule has 29 heavy (non-hydrogen) atoms. The maximum atomic E-state index is 11.5. The number of imidazole rings is 1. The van der Waals surface area contributed by atoms with Crippen LogP contribution >= 0.6 is 0 Å². The molecule has 0 radical (unpaired) electrons. The lowest BCUT2D eigenvalue weighted by molar-refractivity contribution is 0.0697. The molecule has 0 aliphatic carbocycles. The highest BCUT2D eigenvalue weighted by molar-refractivity contribution is 5.94. The van der Waals surface area contributed by atoms with E-state index in [9.17, 15) is 9.90 Å². The second kappa shape index (κ2) is 8.80. The maximum absolute atomic E-state index is 11.5. The number of nitrogens with zero attached hydrogens (tertiary/aromatic N) is 4. The fourth-order valence-corrected chi connectivity index (χ4v) is 4.33. The van der Waals surface area contributed by atoms with Crippen molar-refractivity contribution in [2.24, 2.45) is 0 Å². The molecule has 1 atom stereocenters. The molecule has 1 unspecified atom stereocenters. The van der Waals surface area contributed by atoms with Gasteiger partial charge in [0.2, 0.25) is 0 Å². The summed E-state index contributed by atoms with van der Waals surface area (Å²) < 4.78 is 4.26. The van der Waals surface area contributed by atoms with Crippen LogP contribution in [0.1, 0.15) is 35.7 Å². The molecule has 154 valence electrons. The van der Waals surface area contributed by atoms with Gasteiger partial charge in [0.25, 0.3) is 0 Å². The smallest absolute Gasteiger partial charge is 0.335 e. The van der Waals surface area contributed by atoms with E-state index >= 15 is 0 Å². The van der Waals surface area contributed by atoms with Gasteiger partial charge >= 0.3 is 5.97 Å². The van der Waals surface area contributed by atoms with Gasteiger partial charge in [0.15, 0.2) is 0 Å². The van der Waals surface area contributed by atoms with Gasteiger partial charge in [-0.3, -0.25) is 4.90 Å². The maximum Gasteiger partial charge on any atom is 0.335 e. The first-order valence-electron chi connectivity index (χ1n) is 10.4. The molecule has 3 aromatic rings. The summed E-state index contributed by atoms with van der Waals surface area (Å²) in [5.41, 5.74) is 2.51. The van der Waals surface area contributed by atoms with Crippen LogP contribution in [0.2, 0.25) is 0 Å². The summed E-state index contributed by atoms with van der Waals surface area (Å²) in [6.45, 7) is 8.14. The summed E-state index contributed by atoms with van der Waals surface area (Å²) in [6.07, 6.45) is 9.91. The van der Waals surface area contributed by atoms with Crippen LogP contribution < -0.4 is 5.32 Å². The number of nitrogens with one attached hydrogen (secondary N) is 1. The van der Waals surface area contributed by atoms with Gasteiger partial charge in [-0.2, -0.15) is 0 Å². The summed E-state index contributed by atoms with van der Waals surface area (Å²) in [7, 11) is 0. The number of carboxylic acids is 1. The van der Waals surface area contributed by atoms with Gasteiger partial charge in [-0.1, -0.05) is 13.0 Å². The predicted molar refractivity (Wildman–Crippen MR) is 113 cm³/mol. The molecule has 0 spiro atoms. The van der Waals surface area contributed by atoms with Gasteiger partial charge in [0.05, 0.1) is 18.4 Å². The first kappa shape index (κ1) is 19.7. The number of aryl methyl sites for hydroxylation is 1. The molecule has 3 heterocycles. The quantitative estimate of drug-likeness (QED) is 0.613. The van der Waals surface area contributed by atoms with Crippen molar-refractivity contribution in [1.29, 1.82) is 0 Å². The van der Waals surface area contributed by atoms with Crippen LogP contribution in [0.3, 0.4) is 0 Å². The lowest BCUT2D eigenvalue weighted by Crippen LogP contribution is -2.51. The number of hydrogen-bond donors (Lipinski definition) is 2. The number of carbonyl (C=O) groups is 1. The van der Waals surface area contributed by atoms with Crippen molar-refractivity contribution in [2.75, 3.05) is 26.2 Å². The molecule has 0 bridgehead atoms. The van der Waals surface area contributed by atoms with E-state index in [1.165, 1.54) is 5.56 Å². The summed E-state index contributed by atoms with van der Waals surface area (Å²) in [5, 5.41) is 14.0. The van der Waals surface area contributed by atoms with Crippen LogP contribution in [-0.2, 0) is 13.1 Å². The Hall–Kier alpha value is -2.64. The average Bonchev–Trinajstić information content (AvgIpc) is 3.37. The zero-order valence-electron chi connectivity index (χ0n) is 16.9. The van der Waals surface area contributed by atoms with Crippen molar-refractivity contribution in [3.63, 3.8) is 0 Å². The van der Waals surface area contributed by atoms with Crippen LogP contribution in [0.5, 0.6) is 0 Å². The first-order chi connectivity index (χ1) is 14.2. The van der Waals surface area contributed by atoms with Crippen LogP contribution in [0, 0.1) is 0 Å². The van der Waals surface area contributed by atoms with Crippen molar-refractivity contribution in [2.45, 2.75) is 38.9 Å². The molecular formula is C22H29N5O2. The van der Waals surface area contributed by atoms with Gasteiger partial charge in [0.1, 0.15) is 0 Å². The number of carboxylic acid groups (broad SMARTS) is 1. The van der Waals surface area contributed by atoms with Crippen LogP contribution in [0.25, 0.3) is 10.9 Å². The van der Waals surface area contributed by atoms with Crippen molar-refractivity contribution in [1.82, 2.24) is 24.3 Å². The molecule has 1 saturated heterocycles. The zero-order valence-corrected chi connectivity index (χ0v) is 16.9. The number of fused-ring (bicyclic) bond motifs is 1. The third-order valence-electron chi connectivity index (χ3n) is 5.91. The molecule has 7 nitrogen and oxygen atoms in total. The summed E-state index contributed by atoms with van der Waals surface area (Å²) >= 11 is 0. The average molecular weight is 396 g/mol. The minimum absolute atomic E-state index is 0.333. The van der Waals surface area contributed by atoms with E-state index in [0.29, 0.717) is 11.6 Å². The van der Waals surface area contributed by atoms with E-state index in [1.54, 1.807) is 18.3 Å². The van der Waals surface area contributed by atoms with Crippen LogP contribution in [0.4, 0.5) is 0 Å². The second-order valence-electron chi connectivity index (χ2n) is 7.78. The Kier molecular flexibility index (Phi) is 5.97. The molecule has 0 amide bonds. The lowest BCUT2D eigenvalue weighted by atomic mass is 10.1. The normalized spacial score (nSPS) is 17.8. The number of hydrogen-bond acceptors (Lipinski definition) is 4. The summed E-state index contributed by atoms with van der Waals surface area (Å²) in [4.78, 5) is 18.2. The van der Waals surface area contributed by atoms with Gasteiger partial charge in [-0.05, 0) is 30.5 Å². The molecule has 4 rings (SSSR count). The Labute approximate surface area is 171 Å². The molecular weight excluding hydrogens is 366 g/mol. The van der Waals surface area contributed by atoms with E-state index in [0.717, 1.165) is 63.0 Å². The highest BCUT2D eigenvalue weighted by Crippen LogP contribution is 2.24. The van der Waals surface area contributed by atoms with E-state index in [1.807, 2.05) is 23.2 Å². The van der Waals surface area contributed by atoms with Crippen molar-refractivity contribution in [3.8, 4) is 0 Å². The second-order valence-corrected chi connectivity index (χ2v) is 7.78. The fourth-order valence-electron chi connectivity index (χ4n) is 4.33. The van der Waals surface area contributed by atoms with E-state index in [2.05, 4.69) is 32.9 Å². The van der Waals surface area contributed by atoms with Crippen molar-refractivity contribution in [3.05, 3.63) is 54.2 Å². The lowest BCUT2D eigenvalue weighted by Gasteiger charge is -2.35. The molecule has 1 aliphatic rings. The summed E-state index contributed by atoms with van der Waals surface area (Å²) in [5.74, 6) is -0.887. The van der Waals surface area contributed by atoms with Crippen LogP contribution in [-0.4, -0.2) is 62.3 Å². The molecule has 7 heteroatoms. The summed E-state index contributed by atoms with van der Waals surface area (Å²) in [6, 6.07) is 6.04. The third-order valence-corrected chi connectivity index (χ3v) is 5.91. The van der Waals surface area contributed by atoms with Gasteiger partial charge in [-0.15, -0.1) is 0 Å². The highest BCUT2D eigenvalue weighted by atomic mass is 16.4.